The summed E-state index contributed by atoms with van der Waals surface area (Å²) in [6, 6.07) is 0. The Bertz CT molecular complexity index is 962. The van der Waals surface area contributed by atoms with Crippen LogP contribution in [0, 0.1) is 52.3 Å². The molecule has 4 aliphatic rings. The van der Waals surface area contributed by atoms with Gasteiger partial charge in [-0.2, -0.15) is 0 Å². The molecule has 0 unspecified atom stereocenters. The quantitative estimate of drug-likeness (QED) is 0.456. The predicted molar refractivity (Wildman–Crippen MR) is 135 cm³/mol. The largest absolute Gasteiger partial charge is 0.468 e. The molecule has 0 saturated heterocycles. The van der Waals surface area contributed by atoms with Crippen LogP contribution in [0.15, 0.2) is 0 Å². The Balaban J connectivity index is 1.58. The lowest BCUT2D eigenvalue weighted by molar-refractivity contribution is -0.203. The molecule has 1 amide bonds. The van der Waals surface area contributed by atoms with Gasteiger partial charge in [0, 0.05) is 13.3 Å². The SMILES string of the molecule is [2H]C([2H])([2H])C([2H])([2H])[C@H]1[C@@H](O)[C@@H]2[C@H](CC[C@]3(C)[C@@H]([C@H](C)CCC(=O)NCC(=O)OC)CC[C@@H]23)[C@@]2(C)CC[C@@H](O)C[C@@H]12. The van der Waals surface area contributed by atoms with Crippen LogP contribution >= 0.6 is 0 Å². The van der Waals surface area contributed by atoms with E-state index in [-0.39, 0.29) is 47.0 Å². The molecule has 4 aliphatic carbocycles. The summed E-state index contributed by atoms with van der Waals surface area (Å²) in [7, 11) is 1.28. The molecule has 4 rings (SSSR count). The van der Waals surface area contributed by atoms with Gasteiger partial charge in [-0.05, 0) is 104 Å². The molecule has 0 spiro atoms. The van der Waals surface area contributed by atoms with Crippen LogP contribution in [0.3, 0.4) is 0 Å². The minimum atomic E-state index is -2.88. The van der Waals surface area contributed by atoms with Gasteiger partial charge in [0.25, 0.3) is 0 Å². The smallest absolute Gasteiger partial charge is 0.325 e. The number of fused-ring (bicyclic) bond motifs is 5. The molecule has 0 heterocycles. The topological polar surface area (TPSA) is 95.9 Å². The number of aliphatic hydroxyl groups is 2. The number of aliphatic hydroxyl groups excluding tert-OH is 2. The molecule has 0 bridgehead atoms. The van der Waals surface area contributed by atoms with Crippen LogP contribution in [0.5, 0.6) is 0 Å². The first-order valence-electron chi connectivity index (χ1n) is 16.2. The zero-order valence-electron chi connectivity index (χ0n) is 26.9. The summed E-state index contributed by atoms with van der Waals surface area (Å²) in [5, 5.41) is 25.2. The lowest BCUT2D eigenvalue weighted by Crippen LogP contribution is -2.62. The van der Waals surface area contributed by atoms with E-state index in [1.54, 1.807) is 0 Å². The van der Waals surface area contributed by atoms with Crippen LogP contribution in [-0.4, -0.2) is 48.0 Å². The number of rotatable bonds is 7. The molecule has 0 aromatic heterocycles. The van der Waals surface area contributed by atoms with Gasteiger partial charge in [-0.25, -0.2) is 0 Å². The summed E-state index contributed by atoms with van der Waals surface area (Å²) in [6.45, 7) is 3.60. The number of methoxy groups -OCH3 is 1. The maximum absolute atomic E-state index is 12.3. The van der Waals surface area contributed by atoms with Crippen molar-refractivity contribution in [1.29, 1.82) is 0 Å². The van der Waals surface area contributed by atoms with Crippen LogP contribution in [0.25, 0.3) is 0 Å². The average Bonchev–Trinajstić information content (AvgIpc) is 3.23. The Hall–Kier alpha value is -1.14. The van der Waals surface area contributed by atoms with Crippen molar-refractivity contribution in [2.45, 2.75) is 104 Å². The van der Waals surface area contributed by atoms with E-state index in [4.69, 9.17) is 6.85 Å². The lowest BCUT2D eigenvalue weighted by Gasteiger charge is -2.64. The number of amides is 1. The summed E-state index contributed by atoms with van der Waals surface area (Å²) in [5.41, 5.74) is -0.437. The van der Waals surface area contributed by atoms with Crippen molar-refractivity contribution < 1.29 is 31.4 Å². The number of carbonyl (C=O) groups excluding carboxylic acids is 2. The van der Waals surface area contributed by atoms with Crippen LogP contribution in [0.1, 0.15) is 98.6 Å². The number of hydrogen-bond acceptors (Lipinski definition) is 5. The van der Waals surface area contributed by atoms with E-state index in [2.05, 4.69) is 30.8 Å². The standard InChI is InChI=1S/C29H49NO5/c1-6-19-23-15-18(31)11-13-29(23,4)22-12-14-28(3)20(8-9-21(28)26(22)27(19)34)17(2)7-10-24(32)30-16-25(33)35-5/h17-23,26-27,31,34H,6-16H2,1-5H3,(H,30,32)/t17-,18-,19-,20-,21+,22+,23+,26+,27-,28-,29-/m1/s1/i1D3,6D2. The fourth-order valence-corrected chi connectivity index (χ4v) is 9.33. The molecule has 6 nitrogen and oxygen atoms in total. The van der Waals surface area contributed by atoms with Crippen molar-refractivity contribution in [3.8, 4) is 0 Å². The van der Waals surface area contributed by atoms with E-state index in [0.29, 0.717) is 38.0 Å². The first-order valence-corrected chi connectivity index (χ1v) is 13.7. The minimum Gasteiger partial charge on any atom is -0.468 e. The van der Waals surface area contributed by atoms with Gasteiger partial charge in [-0.1, -0.05) is 34.0 Å². The first-order chi connectivity index (χ1) is 18.5. The van der Waals surface area contributed by atoms with Crippen LogP contribution in [0.4, 0.5) is 0 Å². The Morgan fingerprint density at radius 2 is 1.83 bits per heavy atom. The van der Waals surface area contributed by atoms with E-state index >= 15 is 0 Å². The van der Waals surface area contributed by atoms with Crippen molar-refractivity contribution in [2.24, 2.45) is 52.3 Å². The van der Waals surface area contributed by atoms with E-state index in [1.165, 1.54) is 7.11 Å². The molecule has 3 N–H and O–H groups in total. The van der Waals surface area contributed by atoms with Crippen molar-refractivity contribution in [3.63, 3.8) is 0 Å². The van der Waals surface area contributed by atoms with E-state index in [0.717, 1.165) is 25.7 Å². The monoisotopic (exact) mass is 496 g/mol. The van der Waals surface area contributed by atoms with Gasteiger partial charge in [0.1, 0.15) is 6.54 Å². The average molecular weight is 497 g/mol. The summed E-state index contributed by atoms with van der Waals surface area (Å²) in [5.74, 6) is -1.47. The molecule has 0 aromatic rings. The van der Waals surface area contributed by atoms with Crippen LogP contribution < -0.4 is 5.32 Å². The maximum Gasteiger partial charge on any atom is 0.325 e. The summed E-state index contributed by atoms with van der Waals surface area (Å²) >= 11 is 0. The number of carbonyl (C=O) groups is 2. The molecule has 0 radical (unpaired) electrons. The fraction of sp³-hybridized carbons (Fsp3) is 0.931. The molecule has 0 aromatic carbocycles. The van der Waals surface area contributed by atoms with Gasteiger partial charge < -0.3 is 20.3 Å². The summed E-state index contributed by atoms with van der Waals surface area (Å²) in [4.78, 5) is 23.7. The predicted octanol–water partition coefficient (Wildman–Crippen LogP) is 4.32. The van der Waals surface area contributed by atoms with Crippen LogP contribution in [0.2, 0.25) is 0 Å². The number of nitrogens with one attached hydrogen (secondary N) is 1. The second-order valence-electron chi connectivity index (χ2n) is 12.6. The zero-order chi connectivity index (χ0) is 29.8. The van der Waals surface area contributed by atoms with Crippen molar-refractivity contribution in [3.05, 3.63) is 0 Å². The molecule has 35 heavy (non-hydrogen) atoms. The highest BCUT2D eigenvalue weighted by atomic mass is 16.5. The Morgan fingerprint density at radius 1 is 1.11 bits per heavy atom. The number of ether oxygens (including phenoxy) is 1. The molecular weight excluding hydrogens is 442 g/mol. The van der Waals surface area contributed by atoms with Gasteiger partial charge in [-0.3, -0.25) is 9.59 Å². The van der Waals surface area contributed by atoms with Gasteiger partial charge in [0.15, 0.2) is 0 Å². The summed E-state index contributed by atoms with van der Waals surface area (Å²) < 4.78 is 46.3. The van der Waals surface area contributed by atoms with Crippen LogP contribution in [-0.2, 0) is 14.3 Å². The van der Waals surface area contributed by atoms with Crippen molar-refractivity contribution in [2.75, 3.05) is 13.7 Å². The lowest BCUT2D eigenvalue weighted by atomic mass is 9.41. The molecule has 6 heteroatoms. The third-order valence-corrected chi connectivity index (χ3v) is 11.2. The molecule has 0 aliphatic heterocycles. The van der Waals surface area contributed by atoms with E-state index in [1.807, 2.05) is 0 Å². The molecule has 200 valence electrons. The molecule has 4 saturated carbocycles. The van der Waals surface area contributed by atoms with Crippen molar-refractivity contribution in [1.82, 2.24) is 5.32 Å². The van der Waals surface area contributed by atoms with E-state index < -0.39 is 43.2 Å². The van der Waals surface area contributed by atoms with E-state index in [9.17, 15) is 19.8 Å². The highest BCUT2D eigenvalue weighted by Gasteiger charge is 2.64. The molecule has 4 fully saturated rings. The molecule has 11 atom stereocenters. The fourth-order valence-electron chi connectivity index (χ4n) is 9.33. The van der Waals surface area contributed by atoms with Crippen molar-refractivity contribution >= 4 is 11.9 Å². The highest BCUT2D eigenvalue weighted by Crippen LogP contribution is 2.69. The maximum atomic E-state index is 12.3. The second-order valence-corrected chi connectivity index (χ2v) is 12.6. The normalized spacial score (nSPS) is 48.5. The second kappa shape index (κ2) is 10.3. The number of hydrogen-bond donors (Lipinski definition) is 3. The molecular formula is C29H49NO5. The highest BCUT2D eigenvalue weighted by molar-refractivity contribution is 5.81. The Kier molecular flexibility index (Phi) is 6.15. The van der Waals surface area contributed by atoms with Gasteiger partial charge in [-0.15, -0.1) is 0 Å². The van der Waals surface area contributed by atoms with Gasteiger partial charge in [0.05, 0.1) is 19.3 Å². The zero-order valence-corrected chi connectivity index (χ0v) is 21.9. The van der Waals surface area contributed by atoms with Gasteiger partial charge >= 0.3 is 5.97 Å². The Labute approximate surface area is 219 Å². The summed E-state index contributed by atoms with van der Waals surface area (Å²) in [6.07, 6.45) is 2.11. The first kappa shape index (κ1) is 20.9. The minimum absolute atomic E-state index is 0.0985. The Morgan fingerprint density at radius 3 is 2.54 bits per heavy atom. The third-order valence-electron chi connectivity index (χ3n) is 11.2. The van der Waals surface area contributed by atoms with Gasteiger partial charge in [0.2, 0.25) is 5.91 Å². The third kappa shape index (κ3) is 4.67. The number of esters is 1.